The number of H-pyrrole nitrogens is 1. The molecule has 3 N–H and O–H groups in total. The molecule has 5 rings (SSSR count). The van der Waals surface area contributed by atoms with Crippen LogP contribution in [0.25, 0.3) is 22.3 Å². The number of carbonyl (C=O) groups is 1. The van der Waals surface area contributed by atoms with E-state index in [1.807, 2.05) is 49.1 Å². The Morgan fingerprint density at radius 3 is 2.88 bits per heavy atom. The second kappa shape index (κ2) is 8.39. The fraction of sp³-hybridized carbons (Fsp3) is 0.250. The summed E-state index contributed by atoms with van der Waals surface area (Å²) < 4.78 is 0. The smallest absolute Gasteiger partial charge is 0.237 e. The molecule has 8 nitrogen and oxygen atoms in total. The van der Waals surface area contributed by atoms with Gasteiger partial charge in [0.05, 0.1) is 18.3 Å². The average molecular weight is 428 g/mol. The van der Waals surface area contributed by atoms with Crippen LogP contribution in [0.3, 0.4) is 0 Å². The van der Waals surface area contributed by atoms with Gasteiger partial charge in [0.2, 0.25) is 5.91 Å². The van der Waals surface area contributed by atoms with Crippen molar-refractivity contribution in [2.45, 2.75) is 33.0 Å². The van der Waals surface area contributed by atoms with Crippen molar-refractivity contribution in [2.75, 3.05) is 11.9 Å². The molecule has 1 amide bonds. The van der Waals surface area contributed by atoms with Crippen molar-refractivity contribution in [3.63, 3.8) is 0 Å². The van der Waals surface area contributed by atoms with Gasteiger partial charge in [-0.05, 0) is 41.5 Å². The number of rotatable bonds is 6. The molecular formula is C24H25N7O. The second-order valence-electron chi connectivity index (χ2n) is 8.33. The van der Waals surface area contributed by atoms with Crippen molar-refractivity contribution in [1.29, 1.82) is 0 Å². The van der Waals surface area contributed by atoms with Gasteiger partial charge in [0.15, 0.2) is 5.82 Å². The van der Waals surface area contributed by atoms with Crippen LogP contribution in [0, 0.1) is 0 Å². The first kappa shape index (κ1) is 20.1. The van der Waals surface area contributed by atoms with E-state index in [0.717, 1.165) is 33.5 Å². The summed E-state index contributed by atoms with van der Waals surface area (Å²) in [4.78, 5) is 23.5. The van der Waals surface area contributed by atoms with Crippen molar-refractivity contribution in [1.82, 2.24) is 30.4 Å². The fourth-order valence-electron chi connectivity index (χ4n) is 3.85. The van der Waals surface area contributed by atoms with Crippen molar-refractivity contribution in [2.24, 2.45) is 0 Å². The number of amides is 1. The Morgan fingerprint density at radius 1 is 1.12 bits per heavy atom. The molecule has 0 radical (unpaired) electrons. The number of hydrogen-bond donors (Lipinski definition) is 3. The van der Waals surface area contributed by atoms with Crippen molar-refractivity contribution in [3.8, 4) is 11.4 Å². The van der Waals surface area contributed by atoms with Gasteiger partial charge in [0, 0.05) is 42.0 Å². The van der Waals surface area contributed by atoms with Gasteiger partial charge in [0.1, 0.15) is 5.82 Å². The SMILES string of the molecule is CC(C)NCC(=O)N1Cc2ccc(-c3nccc(Nc4ccc5[nH]ncc5c4)n3)cc2C1. The normalized spacial score (nSPS) is 13.0. The summed E-state index contributed by atoms with van der Waals surface area (Å²) >= 11 is 0. The zero-order valence-electron chi connectivity index (χ0n) is 18.1. The number of carbonyl (C=O) groups excluding carboxylic acids is 1. The lowest BCUT2D eigenvalue weighted by molar-refractivity contribution is -0.130. The van der Waals surface area contributed by atoms with Crippen LogP contribution < -0.4 is 10.6 Å². The molecule has 1 aliphatic rings. The first-order valence-electron chi connectivity index (χ1n) is 10.7. The molecule has 2 aromatic heterocycles. The molecular weight excluding hydrogens is 402 g/mol. The van der Waals surface area contributed by atoms with Gasteiger partial charge in [-0.3, -0.25) is 9.89 Å². The van der Waals surface area contributed by atoms with E-state index in [9.17, 15) is 4.79 Å². The van der Waals surface area contributed by atoms with E-state index in [4.69, 9.17) is 4.98 Å². The minimum absolute atomic E-state index is 0.119. The number of aromatic nitrogens is 4. The Hall–Kier alpha value is -3.78. The molecule has 1 aliphatic heterocycles. The van der Waals surface area contributed by atoms with Gasteiger partial charge in [-0.15, -0.1) is 0 Å². The number of anilines is 2. The largest absolute Gasteiger partial charge is 0.340 e. The van der Waals surface area contributed by atoms with Crippen LogP contribution in [0.15, 0.2) is 54.9 Å². The molecule has 0 bridgehead atoms. The summed E-state index contributed by atoms with van der Waals surface area (Å²) in [6, 6.07) is 14.3. The van der Waals surface area contributed by atoms with E-state index >= 15 is 0 Å². The van der Waals surface area contributed by atoms with Crippen LogP contribution >= 0.6 is 0 Å². The quantitative estimate of drug-likeness (QED) is 0.435. The Labute approximate surface area is 186 Å². The maximum absolute atomic E-state index is 12.5. The maximum atomic E-state index is 12.5. The zero-order chi connectivity index (χ0) is 22.1. The molecule has 0 aliphatic carbocycles. The molecule has 32 heavy (non-hydrogen) atoms. The Bertz CT molecular complexity index is 1280. The monoisotopic (exact) mass is 427 g/mol. The summed E-state index contributed by atoms with van der Waals surface area (Å²) in [5, 5.41) is 14.6. The Morgan fingerprint density at radius 2 is 2.00 bits per heavy atom. The van der Waals surface area contributed by atoms with Crippen molar-refractivity contribution < 1.29 is 4.79 Å². The third kappa shape index (κ3) is 4.17. The molecule has 162 valence electrons. The average Bonchev–Trinajstić information content (AvgIpc) is 3.43. The van der Waals surface area contributed by atoms with Gasteiger partial charge in [-0.25, -0.2) is 9.97 Å². The topological polar surface area (TPSA) is 98.8 Å². The predicted molar refractivity (Wildman–Crippen MR) is 124 cm³/mol. The van der Waals surface area contributed by atoms with Gasteiger partial charge in [-0.1, -0.05) is 26.0 Å². The summed E-state index contributed by atoms with van der Waals surface area (Å²) in [6.07, 6.45) is 3.55. The number of benzene rings is 2. The first-order valence-corrected chi connectivity index (χ1v) is 10.7. The molecule has 3 heterocycles. The molecule has 0 atom stereocenters. The van der Waals surface area contributed by atoms with Crippen LogP contribution in [0.2, 0.25) is 0 Å². The van der Waals surface area contributed by atoms with E-state index in [-0.39, 0.29) is 11.9 Å². The highest BCUT2D eigenvalue weighted by Gasteiger charge is 2.23. The fourth-order valence-corrected chi connectivity index (χ4v) is 3.85. The number of aromatic amines is 1. The molecule has 8 heteroatoms. The molecule has 4 aromatic rings. The van der Waals surface area contributed by atoms with Gasteiger partial charge in [0.25, 0.3) is 0 Å². The molecule has 0 unspecified atom stereocenters. The summed E-state index contributed by atoms with van der Waals surface area (Å²) in [6.45, 7) is 5.70. The van der Waals surface area contributed by atoms with Gasteiger partial charge >= 0.3 is 0 Å². The lowest BCUT2D eigenvalue weighted by Crippen LogP contribution is -2.37. The maximum Gasteiger partial charge on any atom is 0.237 e. The third-order valence-electron chi connectivity index (χ3n) is 5.57. The Kier molecular flexibility index (Phi) is 5.28. The molecule has 0 spiro atoms. The predicted octanol–water partition coefficient (Wildman–Crippen LogP) is 3.60. The molecule has 0 saturated heterocycles. The number of nitrogens with zero attached hydrogens (tertiary/aromatic N) is 4. The van der Waals surface area contributed by atoms with E-state index in [0.29, 0.717) is 25.5 Å². The first-order chi connectivity index (χ1) is 15.5. The van der Waals surface area contributed by atoms with Crippen LogP contribution in [-0.2, 0) is 17.9 Å². The minimum atomic E-state index is 0.119. The lowest BCUT2D eigenvalue weighted by Gasteiger charge is -2.16. The van der Waals surface area contributed by atoms with Crippen LogP contribution in [0.5, 0.6) is 0 Å². The summed E-state index contributed by atoms with van der Waals surface area (Å²) in [5.74, 6) is 1.48. The van der Waals surface area contributed by atoms with Gasteiger partial charge in [-0.2, -0.15) is 5.10 Å². The highest BCUT2D eigenvalue weighted by atomic mass is 16.2. The van der Waals surface area contributed by atoms with Crippen LogP contribution in [-0.4, -0.2) is 43.6 Å². The van der Waals surface area contributed by atoms with Gasteiger partial charge < -0.3 is 15.5 Å². The van der Waals surface area contributed by atoms with Crippen molar-refractivity contribution >= 4 is 28.3 Å². The third-order valence-corrected chi connectivity index (χ3v) is 5.57. The van der Waals surface area contributed by atoms with E-state index in [1.54, 1.807) is 12.4 Å². The van der Waals surface area contributed by atoms with Crippen LogP contribution in [0.4, 0.5) is 11.5 Å². The number of nitrogens with one attached hydrogen (secondary N) is 3. The van der Waals surface area contributed by atoms with E-state index in [2.05, 4.69) is 37.9 Å². The highest BCUT2D eigenvalue weighted by Crippen LogP contribution is 2.28. The summed E-state index contributed by atoms with van der Waals surface area (Å²) in [5.41, 5.74) is 5.18. The lowest BCUT2D eigenvalue weighted by atomic mass is 10.1. The standard InChI is InChI=1S/C24H25N7O/c1-15(2)26-12-23(32)31-13-17-4-3-16(9-19(17)14-31)24-25-8-7-22(29-24)28-20-5-6-21-18(10-20)11-27-30-21/h3-11,15,26H,12-14H2,1-2H3,(H,27,30)(H,25,28,29). The number of hydrogen-bond acceptors (Lipinski definition) is 6. The zero-order valence-corrected chi connectivity index (χ0v) is 18.1. The highest BCUT2D eigenvalue weighted by molar-refractivity contribution is 5.82. The minimum Gasteiger partial charge on any atom is -0.340 e. The number of fused-ring (bicyclic) bond motifs is 2. The molecule has 2 aromatic carbocycles. The summed E-state index contributed by atoms with van der Waals surface area (Å²) in [7, 11) is 0. The molecule has 0 fully saturated rings. The van der Waals surface area contributed by atoms with E-state index < -0.39 is 0 Å². The molecule has 0 saturated carbocycles. The van der Waals surface area contributed by atoms with Crippen molar-refractivity contribution in [3.05, 3.63) is 66.0 Å². The van der Waals surface area contributed by atoms with E-state index in [1.165, 1.54) is 5.56 Å². The Balaban J connectivity index is 1.32. The van der Waals surface area contributed by atoms with Crippen LogP contribution in [0.1, 0.15) is 25.0 Å². The second-order valence-corrected chi connectivity index (χ2v) is 8.33.